The van der Waals surface area contributed by atoms with Crippen LogP contribution in [0.2, 0.25) is 0 Å². The zero-order valence-corrected chi connectivity index (χ0v) is 11.4. The summed E-state index contributed by atoms with van der Waals surface area (Å²) in [7, 11) is 2.18. The van der Waals surface area contributed by atoms with Gasteiger partial charge in [0.2, 0.25) is 0 Å². The maximum Gasteiger partial charge on any atom is 0.0702 e. The Hall–Kier alpha value is -1.45. The smallest absolute Gasteiger partial charge is 0.0702 e. The van der Waals surface area contributed by atoms with E-state index in [1.807, 2.05) is 12.3 Å². The van der Waals surface area contributed by atoms with Crippen molar-refractivity contribution in [3.05, 3.63) is 42.1 Å². The molecule has 2 N–H and O–H groups in total. The van der Waals surface area contributed by atoms with Crippen LogP contribution in [0.5, 0.6) is 0 Å². The van der Waals surface area contributed by atoms with Crippen molar-refractivity contribution >= 4 is 10.9 Å². The zero-order chi connectivity index (χ0) is 13.2. The van der Waals surface area contributed by atoms with Crippen molar-refractivity contribution < 1.29 is 0 Å². The van der Waals surface area contributed by atoms with Crippen LogP contribution in [0.4, 0.5) is 0 Å². The van der Waals surface area contributed by atoms with E-state index in [2.05, 4.69) is 41.2 Å². The largest absolute Gasteiger partial charge is 0.326 e. The zero-order valence-electron chi connectivity index (χ0n) is 11.4. The van der Waals surface area contributed by atoms with Gasteiger partial charge in [0.25, 0.3) is 0 Å². The Kier molecular flexibility index (Phi) is 3.49. The highest BCUT2D eigenvalue weighted by Crippen LogP contribution is 2.29. The number of benzene rings is 1. The van der Waals surface area contributed by atoms with E-state index in [0.717, 1.165) is 18.5 Å². The van der Waals surface area contributed by atoms with Gasteiger partial charge in [-0.1, -0.05) is 18.6 Å². The van der Waals surface area contributed by atoms with E-state index in [0.29, 0.717) is 6.04 Å². The van der Waals surface area contributed by atoms with Crippen molar-refractivity contribution in [2.75, 3.05) is 13.6 Å². The lowest BCUT2D eigenvalue weighted by Crippen LogP contribution is -2.37. The Bertz CT molecular complexity index is 555. The van der Waals surface area contributed by atoms with Crippen LogP contribution in [0.1, 0.15) is 30.9 Å². The normalized spacial score (nSPS) is 25.4. The number of rotatable bonds is 1. The van der Waals surface area contributed by atoms with Crippen molar-refractivity contribution in [3.8, 4) is 0 Å². The van der Waals surface area contributed by atoms with Gasteiger partial charge >= 0.3 is 0 Å². The molecule has 3 heteroatoms. The lowest BCUT2D eigenvalue weighted by atomic mass is 9.95. The second-order valence-corrected chi connectivity index (χ2v) is 5.54. The molecular formula is C16H21N3. The molecule has 1 aliphatic rings. The van der Waals surface area contributed by atoms with Crippen molar-refractivity contribution in [2.24, 2.45) is 5.73 Å². The van der Waals surface area contributed by atoms with Gasteiger partial charge < -0.3 is 5.73 Å². The predicted molar refractivity (Wildman–Crippen MR) is 78.9 cm³/mol. The first-order valence-electron chi connectivity index (χ1n) is 7.06. The molecular weight excluding hydrogens is 234 g/mol. The van der Waals surface area contributed by atoms with Crippen molar-refractivity contribution in [1.29, 1.82) is 0 Å². The highest BCUT2D eigenvalue weighted by molar-refractivity contribution is 5.79. The summed E-state index contributed by atoms with van der Waals surface area (Å²) in [5.74, 6) is 0. The van der Waals surface area contributed by atoms with E-state index in [4.69, 9.17) is 5.73 Å². The highest BCUT2D eigenvalue weighted by Gasteiger charge is 2.26. The average Bonchev–Trinajstić information content (AvgIpc) is 2.59. The SMILES string of the molecule is CN1CCCCC(N)C1c1ccc2ncccc2c1. The maximum atomic E-state index is 6.39. The van der Waals surface area contributed by atoms with E-state index < -0.39 is 0 Å². The molecule has 0 aliphatic carbocycles. The highest BCUT2D eigenvalue weighted by atomic mass is 15.1. The van der Waals surface area contributed by atoms with Gasteiger partial charge in [-0.15, -0.1) is 0 Å². The van der Waals surface area contributed by atoms with E-state index in [9.17, 15) is 0 Å². The predicted octanol–water partition coefficient (Wildman–Crippen LogP) is 2.72. The number of likely N-dealkylation sites (tertiary alicyclic amines) is 1. The molecule has 100 valence electrons. The fourth-order valence-corrected chi connectivity index (χ4v) is 3.14. The molecule has 19 heavy (non-hydrogen) atoms. The topological polar surface area (TPSA) is 42.1 Å². The number of aromatic nitrogens is 1. The van der Waals surface area contributed by atoms with Gasteiger partial charge in [0.1, 0.15) is 0 Å². The second-order valence-electron chi connectivity index (χ2n) is 5.54. The molecule has 2 atom stereocenters. The van der Waals surface area contributed by atoms with Gasteiger partial charge in [-0.25, -0.2) is 0 Å². The van der Waals surface area contributed by atoms with E-state index in [1.54, 1.807) is 0 Å². The first kappa shape index (κ1) is 12.6. The molecule has 2 unspecified atom stereocenters. The van der Waals surface area contributed by atoms with Crippen LogP contribution < -0.4 is 5.73 Å². The molecule has 3 rings (SSSR count). The second kappa shape index (κ2) is 5.27. The fourth-order valence-electron chi connectivity index (χ4n) is 3.14. The maximum absolute atomic E-state index is 6.39. The van der Waals surface area contributed by atoms with Crippen molar-refractivity contribution in [2.45, 2.75) is 31.3 Å². The van der Waals surface area contributed by atoms with Gasteiger partial charge in [0.15, 0.2) is 0 Å². The first-order valence-corrected chi connectivity index (χ1v) is 7.06. The Balaban J connectivity index is 2.01. The minimum absolute atomic E-state index is 0.224. The number of hydrogen-bond acceptors (Lipinski definition) is 3. The summed E-state index contributed by atoms with van der Waals surface area (Å²) in [6.07, 6.45) is 5.43. The number of likely N-dealkylation sites (N-methyl/N-ethyl adjacent to an activating group) is 1. The van der Waals surface area contributed by atoms with Crippen LogP contribution in [0.15, 0.2) is 36.5 Å². The van der Waals surface area contributed by atoms with Gasteiger partial charge in [0, 0.05) is 23.7 Å². The standard InChI is InChI=1S/C16H21N3/c1-19-10-3-2-6-14(17)16(19)13-7-8-15-12(11-13)5-4-9-18-15/h4-5,7-9,11,14,16H,2-3,6,10,17H2,1H3. The molecule has 1 fully saturated rings. The van der Waals surface area contributed by atoms with Gasteiger partial charge in [-0.2, -0.15) is 0 Å². The van der Waals surface area contributed by atoms with E-state index in [-0.39, 0.29) is 6.04 Å². The monoisotopic (exact) mass is 255 g/mol. The van der Waals surface area contributed by atoms with E-state index in [1.165, 1.54) is 23.8 Å². The van der Waals surface area contributed by atoms with E-state index >= 15 is 0 Å². The lowest BCUT2D eigenvalue weighted by molar-refractivity contribution is 0.230. The van der Waals surface area contributed by atoms with Crippen molar-refractivity contribution in [3.63, 3.8) is 0 Å². The Labute approximate surface area is 114 Å². The van der Waals surface area contributed by atoms with Crippen LogP contribution in [0.25, 0.3) is 10.9 Å². The van der Waals surface area contributed by atoms with Gasteiger partial charge in [-0.05, 0) is 50.2 Å². The van der Waals surface area contributed by atoms with Gasteiger partial charge in [0.05, 0.1) is 5.52 Å². The molecule has 1 aromatic heterocycles. The minimum atomic E-state index is 0.224. The quantitative estimate of drug-likeness (QED) is 0.852. The fraction of sp³-hybridized carbons (Fsp3) is 0.438. The summed E-state index contributed by atoms with van der Waals surface area (Å²) in [6.45, 7) is 1.13. The summed E-state index contributed by atoms with van der Waals surface area (Å²) < 4.78 is 0. The molecule has 2 heterocycles. The third-order valence-electron chi connectivity index (χ3n) is 4.15. The third-order valence-corrected chi connectivity index (χ3v) is 4.15. The molecule has 1 aromatic carbocycles. The number of nitrogens with zero attached hydrogens (tertiary/aromatic N) is 2. The van der Waals surface area contributed by atoms with Crippen LogP contribution in [0.3, 0.4) is 0 Å². The number of nitrogens with two attached hydrogens (primary N) is 1. The molecule has 0 saturated carbocycles. The molecule has 0 radical (unpaired) electrons. The number of pyridine rings is 1. The summed E-state index contributed by atoms with van der Waals surface area (Å²) in [5.41, 5.74) is 8.76. The summed E-state index contributed by atoms with van der Waals surface area (Å²) >= 11 is 0. The Morgan fingerprint density at radius 2 is 2.16 bits per heavy atom. The molecule has 1 aliphatic heterocycles. The summed E-state index contributed by atoms with van der Waals surface area (Å²) in [4.78, 5) is 6.78. The number of fused-ring (bicyclic) bond motifs is 1. The summed E-state index contributed by atoms with van der Waals surface area (Å²) in [5, 5.41) is 1.20. The molecule has 3 nitrogen and oxygen atoms in total. The molecule has 0 bridgehead atoms. The van der Waals surface area contributed by atoms with Crippen LogP contribution in [-0.2, 0) is 0 Å². The minimum Gasteiger partial charge on any atom is -0.326 e. The summed E-state index contributed by atoms with van der Waals surface area (Å²) in [6, 6.07) is 11.2. The lowest BCUT2D eigenvalue weighted by Gasteiger charge is -2.30. The average molecular weight is 255 g/mol. The molecule has 1 saturated heterocycles. The van der Waals surface area contributed by atoms with Crippen molar-refractivity contribution in [1.82, 2.24) is 9.88 Å². The third kappa shape index (κ3) is 2.48. The molecule has 2 aromatic rings. The Morgan fingerprint density at radius 1 is 1.26 bits per heavy atom. The molecule has 0 spiro atoms. The Morgan fingerprint density at radius 3 is 3.05 bits per heavy atom. The van der Waals surface area contributed by atoms with Crippen LogP contribution >= 0.6 is 0 Å². The van der Waals surface area contributed by atoms with Gasteiger partial charge in [-0.3, -0.25) is 9.88 Å². The molecule has 0 amide bonds. The van der Waals surface area contributed by atoms with Crippen LogP contribution in [0, 0.1) is 0 Å². The number of hydrogen-bond donors (Lipinski definition) is 1. The van der Waals surface area contributed by atoms with Crippen LogP contribution in [-0.4, -0.2) is 29.5 Å². The first-order chi connectivity index (χ1) is 9.25.